The SMILES string of the molecule is Cc1cn2ccnc(C=O)c2n1. The summed E-state index contributed by atoms with van der Waals surface area (Å²) in [6.45, 7) is 1.88. The summed E-state index contributed by atoms with van der Waals surface area (Å²) in [6.07, 6.45) is 5.91. The molecule has 0 N–H and O–H groups in total. The summed E-state index contributed by atoms with van der Waals surface area (Å²) < 4.78 is 1.78. The van der Waals surface area contributed by atoms with Crippen molar-refractivity contribution in [3.63, 3.8) is 0 Å². The third-order valence-electron chi connectivity index (χ3n) is 1.63. The summed E-state index contributed by atoms with van der Waals surface area (Å²) in [7, 11) is 0. The van der Waals surface area contributed by atoms with Crippen molar-refractivity contribution in [3.05, 3.63) is 30.0 Å². The molecule has 0 aliphatic heterocycles. The van der Waals surface area contributed by atoms with Gasteiger partial charge in [-0.25, -0.2) is 9.97 Å². The fourth-order valence-electron chi connectivity index (χ4n) is 1.15. The van der Waals surface area contributed by atoms with Crippen LogP contribution in [0.4, 0.5) is 0 Å². The average molecular weight is 161 g/mol. The molecule has 0 bridgehead atoms. The highest BCUT2D eigenvalue weighted by molar-refractivity contribution is 5.81. The molecule has 0 unspecified atom stereocenters. The Balaban J connectivity index is 2.86. The zero-order valence-electron chi connectivity index (χ0n) is 6.56. The molecular formula is C8H7N3O. The molecule has 0 atom stereocenters. The minimum absolute atomic E-state index is 0.380. The molecule has 0 fully saturated rings. The monoisotopic (exact) mass is 161 g/mol. The van der Waals surface area contributed by atoms with Gasteiger partial charge in [-0.1, -0.05) is 0 Å². The van der Waals surface area contributed by atoms with Crippen LogP contribution in [0.5, 0.6) is 0 Å². The fourth-order valence-corrected chi connectivity index (χ4v) is 1.15. The third-order valence-corrected chi connectivity index (χ3v) is 1.63. The minimum Gasteiger partial charge on any atom is -0.303 e. The van der Waals surface area contributed by atoms with E-state index in [2.05, 4.69) is 9.97 Å². The topological polar surface area (TPSA) is 47.3 Å². The highest BCUT2D eigenvalue weighted by Crippen LogP contribution is 2.05. The van der Waals surface area contributed by atoms with Gasteiger partial charge in [-0.3, -0.25) is 4.79 Å². The lowest BCUT2D eigenvalue weighted by Gasteiger charge is -1.92. The zero-order chi connectivity index (χ0) is 8.55. The molecule has 2 rings (SSSR count). The number of aromatic nitrogens is 3. The molecule has 0 radical (unpaired) electrons. The van der Waals surface area contributed by atoms with Crippen LogP contribution in [-0.2, 0) is 0 Å². The lowest BCUT2D eigenvalue weighted by atomic mass is 10.5. The van der Waals surface area contributed by atoms with Gasteiger partial charge in [-0.2, -0.15) is 0 Å². The summed E-state index contributed by atoms with van der Waals surface area (Å²) in [5, 5.41) is 0. The third kappa shape index (κ3) is 0.887. The van der Waals surface area contributed by atoms with E-state index >= 15 is 0 Å². The van der Waals surface area contributed by atoms with Crippen LogP contribution in [0, 0.1) is 6.92 Å². The van der Waals surface area contributed by atoms with Crippen molar-refractivity contribution in [3.8, 4) is 0 Å². The molecule has 0 aliphatic rings. The number of aryl methyl sites for hydroxylation is 1. The van der Waals surface area contributed by atoms with E-state index in [1.807, 2.05) is 13.1 Å². The van der Waals surface area contributed by atoms with E-state index in [-0.39, 0.29) is 0 Å². The first kappa shape index (κ1) is 6.97. The lowest BCUT2D eigenvalue weighted by Crippen LogP contribution is -1.92. The summed E-state index contributed by atoms with van der Waals surface area (Å²) in [4.78, 5) is 18.6. The van der Waals surface area contributed by atoms with Crippen molar-refractivity contribution >= 4 is 11.9 Å². The van der Waals surface area contributed by atoms with Crippen molar-refractivity contribution in [1.29, 1.82) is 0 Å². The van der Waals surface area contributed by atoms with E-state index in [1.54, 1.807) is 16.8 Å². The van der Waals surface area contributed by atoms with E-state index in [0.717, 1.165) is 5.69 Å². The molecular weight excluding hydrogens is 154 g/mol. The first-order valence-electron chi connectivity index (χ1n) is 3.57. The molecule has 2 heterocycles. The number of nitrogens with zero attached hydrogens (tertiary/aromatic N) is 3. The Bertz CT molecular complexity index is 433. The smallest absolute Gasteiger partial charge is 0.172 e. The lowest BCUT2D eigenvalue weighted by molar-refractivity contribution is 0.112. The standard InChI is InChI=1S/C8H7N3O/c1-6-4-11-3-2-9-7(5-12)8(11)10-6/h2-5H,1H3. The van der Waals surface area contributed by atoms with E-state index in [4.69, 9.17) is 0 Å². The quantitative estimate of drug-likeness (QED) is 0.582. The molecule has 0 aromatic carbocycles. The molecule has 0 saturated carbocycles. The van der Waals surface area contributed by atoms with Crippen LogP contribution in [0.3, 0.4) is 0 Å². The number of aldehydes is 1. The Labute approximate surface area is 68.9 Å². The molecule has 4 nitrogen and oxygen atoms in total. The zero-order valence-corrected chi connectivity index (χ0v) is 6.56. The average Bonchev–Trinajstić information content (AvgIpc) is 2.44. The molecule has 0 amide bonds. The second-order valence-electron chi connectivity index (χ2n) is 2.54. The van der Waals surface area contributed by atoms with E-state index in [1.165, 1.54) is 0 Å². The van der Waals surface area contributed by atoms with E-state index < -0.39 is 0 Å². The summed E-state index contributed by atoms with van der Waals surface area (Å²) in [5.74, 6) is 0. The molecule has 12 heavy (non-hydrogen) atoms. The van der Waals surface area contributed by atoms with Gasteiger partial charge in [0.15, 0.2) is 11.9 Å². The van der Waals surface area contributed by atoms with Gasteiger partial charge in [0.2, 0.25) is 0 Å². The number of fused-ring (bicyclic) bond motifs is 1. The summed E-state index contributed by atoms with van der Waals surface area (Å²) in [6, 6.07) is 0. The van der Waals surface area contributed by atoms with Gasteiger partial charge in [-0.15, -0.1) is 0 Å². The van der Waals surface area contributed by atoms with Crippen molar-refractivity contribution in [2.45, 2.75) is 6.92 Å². The summed E-state index contributed by atoms with van der Waals surface area (Å²) in [5.41, 5.74) is 1.88. The van der Waals surface area contributed by atoms with Gasteiger partial charge in [0.05, 0.1) is 5.69 Å². The number of carbonyl (C=O) groups is 1. The summed E-state index contributed by atoms with van der Waals surface area (Å²) >= 11 is 0. The Morgan fingerprint density at radius 3 is 3.17 bits per heavy atom. The number of hydrogen-bond donors (Lipinski definition) is 0. The van der Waals surface area contributed by atoms with Crippen LogP contribution in [0.2, 0.25) is 0 Å². The van der Waals surface area contributed by atoms with E-state index in [9.17, 15) is 4.79 Å². The first-order chi connectivity index (χ1) is 5.81. The maximum atomic E-state index is 10.5. The second kappa shape index (κ2) is 2.41. The second-order valence-corrected chi connectivity index (χ2v) is 2.54. The molecule has 4 heteroatoms. The highest BCUT2D eigenvalue weighted by atomic mass is 16.1. The largest absolute Gasteiger partial charge is 0.303 e. The number of imidazole rings is 1. The fraction of sp³-hybridized carbons (Fsp3) is 0.125. The number of carbonyl (C=O) groups excluding carboxylic acids is 1. The van der Waals surface area contributed by atoms with Crippen molar-refractivity contribution in [2.75, 3.05) is 0 Å². The molecule has 0 spiro atoms. The molecule has 60 valence electrons. The van der Waals surface area contributed by atoms with Gasteiger partial charge in [0, 0.05) is 18.6 Å². The van der Waals surface area contributed by atoms with Crippen LogP contribution in [0.15, 0.2) is 18.6 Å². The Hall–Kier alpha value is -1.71. The van der Waals surface area contributed by atoms with Crippen LogP contribution in [0.1, 0.15) is 16.2 Å². The first-order valence-corrected chi connectivity index (χ1v) is 3.57. The molecule has 2 aromatic rings. The van der Waals surface area contributed by atoms with Crippen molar-refractivity contribution in [2.24, 2.45) is 0 Å². The van der Waals surface area contributed by atoms with Gasteiger partial charge >= 0.3 is 0 Å². The van der Waals surface area contributed by atoms with Crippen molar-refractivity contribution in [1.82, 2.24) is 14.4 Å². The van der Waals surface area contributed by atoms with E-state index in [0.29, 0.717) is 17.6 Å². The van der Waals surface area contributed by atoms with Gasteiger partial charge in [-0.05, 0) is 6.92 Å². The van der Waals surface area contributed by atoms with Crippen LogP contribution >= 0.6 is 0 Å². The maximum Gasteiger partial charge on any atom is 0.172 e. The van der Waals surface area contributed by atoms with Gasteiger partial charge in [0.25, 0.3) is 0 Å². The predicted octanol–water partition coefficient (Wildman–Crippen LogP) is 0.850. The number of hydrogen-bond acceptors (Lipinski definition) is 3. The molecule has 2 aromatic heterocycles. The Morgan fingerprint density at radius 1 is 1.58 bits per heavy atom. The highest BCUT2D eigenvalue weighted by Gasteiger charge is 2.02. The van der Waals surface area contributed by atoms with Crippen LogP contribution in [-0.4, -0.2) is 20.7 Å². The normalized spacial score (nSPS) is 10.4. The van der Waals surface area contributed by atoms with Crippen LogP contribution < -0.4 is 0 Å². The maximum absolute atomic E-state index is 10.5. The predicted molar refractivity (Wildman–Crippen MR) is 43.1 cm³/mol. The Morgan fingerprint density at radius 2 is 2.42 bits per heavy atom. The van der Waals surface area contributed by atoms with Gasteiger partial charge in [0.1, 0.15) is 5.69 Å². The van der Waals surface area contributed by atoms with Crippen molar-refractivity contribution < 1.29 is 4.79 Å². The number of rotatable bonds is 1. The van der Waals surface area contributed by atoms with Gasteiger partial charge < -0.3 is 4.40 Å². The Kier molecular flexibility index (Phi) is 1.40. The molecule has 0 saturated heterocycles. The molecule has 0 aliphatic carbocycles. The minimum atomic E-state index is 0.380. The van der Waals surface area contributed by atoms with Crippen LogP contribution in [0.25, 0.3) is 5.65 Å².